The van der Waals surface area contributed by atoms with E-state index in [4.69, 9.17) is 5.14 Å². The molecule has 0 saturated heterocycles. The van der Waals surface area contributed by atoms with Crippen molar-refractivity contribution in [1.29, 1.82) is 0 Å². The average Bonchev–Trinajstić information content (AvgIpc) is 2.93. The van der Waals surface area contributed by atoms with Crippen LogP contribution in [0, 0.1) is 5.82 Å². The van der Waals surface area contributed by atoms with E-state index in [9.17, 15) is 12.8 Å². The summed E-state index contributed by atoms with van der Waals surface area (Å²) in [5.41, 5.74) is 0.272. The molecule has 0 aliphatic carbocycles. The van der Waals surface area contributed by atoms with E-state index in [0.717, 1.165) is 23.8 Å². The number of primary sulfonamides is 1. The van der Waals surface area contributed by atoms with Crippen molar-refractivity contribution in [1.82, 2.24) is 0 Å². The zero-order valence-electron chi connectivity index (χ0n) is 11.5. The standard InChI is InChI=1S/C14H17FN2O2S2/c1-2-4-13(14-5-3-8-20-14)17-12-7-6-10(9-11(12)15)21(16,18)19/h3,5-9,13,17H,2,4H2,1H3,(H2,16,18,19). The summed E-state index contributed by atoms with van der Waals surface area (Å²) < 4.78 is 36.4. The Morgan fingerprint density at radius 2 is 2.14 bits per heavy atom. The number of benzene rings is 1. The van der Waals surface area contributed by atoms with Crippen molar-refractivity contribution in [3.8, 4) is 0 Å². The van der Waals surface area contributed by atoms with Gasteiger partial charge in [0.1, 0.15) is 5.82 Å². The van der Waals surface area contributed by atoms with Crippen LogP contribution in [-0.4, -0.2) is 8.42 Å². The van der Waals surface area contributed by atoms with Crippen LogP contribution in [0.15, 0.2) is 40.6 Å². The van der Waals surface area contributed by atoms with Crippen LogP contribution in [0.4, 0.5) is 10.1 Å². The first-order chi connectivity index (χ1) is 9.91. The maximum Gasteiger partial charge on any atom is 0.238 e. The van der Waals surface area contributed by atoms with Crippen LogP contribution in [0.2, 0.25) is 0 Å². The number of hydrogen-bond acceptors (Lipinski definition) is 4. The van der Waals surface area contributed by atoms with E-state index in [1.807, 2.05) is 17.5 Å². The Morgan fingerprint density at radius 1 is 1.38 bits per heavy atom. The van der Waals surface area contributed by atoms with E-state index in [1.54, 1.807) is 11.3 Å². The largest absolute Gasteiger partial charge is 0.375 e. The quantitative estimate of drug-likeness (QED) is 0.852. The van der Waals surface area contributed by atoms with Crippen molar-refractivity contribution in [2.24, 2.45) is 5.14 Å². The molecule has 1 aromatic heterocycles. The molecule has 0 saturated carbocycles. The van der Waals surface area contributed by atoms with Gasteiger partial charge in [-0.25, -0.2) is 17.9 Å². The lowest BCUT2D eigenvalue weighted by molar-refractivity contribution is 0.591. The molecule has 0 radical (unpaired) electrons. The van der Waals surface area contributed by atoms with Crippen LogP contribution in [0.25, 0.3) is 0 Å². The van der Waals surface area contributed by atoms with Crippen molar-refractivity contribution in [2.75, 3.05) is 5.32 Å². The van der Waals surface area contributed by atoms with E-state index >= 15 is 0 Å². The number of thiophene rings is 1. The average molecular weight is 328 g/mol. The van der Waals surface area contributed by atoms with Crippen LogP contribution in [0.3, 0.4) is 0 Å². The minimum atomic E-state index is -3.89. The van der Waals surface area contributed by atoms with Gasteiger partial charge in [0.05, 0.1) is 16.6 Å². The van der Waals surface area contributed by atoms with Crippen molar-refractivity contribution in [3.05, 3.63) is 46.4 Å². The van der Waals surface area contributed by atoms with Gasteiger partial charge in [-0.3, -0.25) is 0 Å². The molecule has 3 N–H and O–H groups in total. The first-order valence-electron chi connectivity index (χ1n) is 6.54. The highest BCUT2D eigenvalue weighted by Gasteiger charge is 2.16. The number of halogens is 1. The molecule has 0 fully saturated rings. The lowest BCUT2D eigenvalue weighted by atomic mass is 10.1. The number of nitrogens with two attached hydrogens (primary N) is 1. The van der Waals surface area contributed by atoms with Gasteiger partial charge < -0.3 is 5.32 Å². The second-order valence-electron chi connectivity index (χ2n) is 4.69. The van der Waals surface area contributed by atoms with E-state index in [1.165, 1.54) is 12.1 Å². The van der Waals surface area contributed by atoms with Gasteiger partial charge in [0.25, 0.3) is 0 Å². The number of nitrogens with one attached hydrogen (secondary N) is 1. The summed E-state index contributed by atoms with van der Waals surface area (Å²) in [5, 5.41) is 10.1. The van der Waals surface area contributed by atoms with Crippen molar-refractivity contribution >= 4 is 27.0 Å². The lowest BCUT2D eigenvalue weighted by Gasteiger charge is -2.18. The second kappa shape index (κ2) is 6.55. The van der Waals surface area contributed by atoms with E-state index < -0.39 is 15.8 Å². The molecule has 2 aromatic rings. The monoisotopic (exact) mass is 328 g/mol. The number of hydrogen-bond donors (Lipinski definition) is 2. The SMILES string of the molecule is CCCC(Nc1ccc(S(N)(=O)=O)cc1F)c1cccs1. The Balaban J connectivity index is 2.25. The fraction of sp³-hybridized carbons (Fsp3) is 0.286. The van der Waals surface area contributed by atoms with Crippen molar-refractivity contribution < 1.29 is 12.8 Å². The molecule has 0 bridgehead atoms. The van der Waals surface area contributed by atoms with E-state index in [0.29, 0.717) is 0 Å². The predicted octanol–water partition coefficient (Wildman–Crippen LogP) is 3.49. The number of rotatable bonds is 6. The highest BCUT2D eigenvalue weighted by atomic mass is 32.2. The maximum atomic E-state index is 14.0. The highest BCUT2D eigenvalue weighted by molar-refractivity contribution is 7.89. The predicted molar refractivity (Wildman–Crippen MR) is 83.4 cm³/mol. The third kappa shape index (κ3) is 4.03. The molecule has 21 heavy (non-hydrogen) atoms. The minimum Gasteiger partial charge on any atom is -0.375 e. The summed E-state index contributed by atoms with van der Waals surface area (Å²) in [6, 6.07) is 7.60. The van der Waals surface area contributed by atoms with Gasteiger partial charge in [-0.05, 0) is 36.1 Å². The van der Waals surface area contributed by atoms with Crippen LogP contribution < -0.4 is 10.5 Å². The van der Waals surface area contributed by atoms with Gasteiger partial charge in [-0.1, -0.05) is 19.4 Å². The molecule has 4 nitrogen and oxygen atoms in total. The third-order valence-corrected chi connectivity index (χ3v) is 4.96. The van der Waals surface area contributed by atoms with Gasteiger partial charge in [0.15, 0.2) is 0 Å². The van der Waals surface area contributed by atoms with E-state index in [2.05, 4.69) is 12.2 Å². The van der Waals surface area contributed by atoms with Crippen LogP contribution in [0.1, 0.15) is 30.7 Å². The van der Waals surface area contributed by atoms with E-state index in [-0.39, 0.29) is 16.6 Å². The fourth-order valence-corrected chi connectivity index (χ4v) is 3.38. The van der Waals surface area contributed by atoms with Crippen LogP contribution in [-0.2, 0) is 10.0 Å². The molecule has 7 heteroatoms. The molecular weight excluding hydrogens is 311 g/mol. The fourth-order valence-electron chi connectivity index (χ4n) is 2.04. The summed E-state index contributed by atoms with van der Waals surface area (Å²) in [5.74, 6) is -0.626. The molecule has 1 unspecified atom stereocenters. The van der Waals surface area contributed by atoms with Gasteiger partial charge in [-0.15, -0.1) is 11.3 Å². The normalized spacial score (nSPS) is 13.1. The number of sulfonamides is 1. The van der Waals surface area contributed by atoms with Crippen molar-refractivity contribution in [2.45, 2.75) is 30.7 Å². The molecular formula is C14H17FN2O2S2. The molecule has 1 aromatic carbocycles. The molecule has 0 aliphatic heterocycles. The second-order valence-corrected chi connectivity index (χ2v) is 7.23. The van der Waals surface area contributed by atoms with Gasteiger partial charge in [-0.2, -0.15) is 0 Å². The Hall–Kier alpha value is -1.44. The van der Waals surface area contributed by atoms with Gasteiger partial charge in [0.2, 0.25) is 10.0 Å². The lowest BCUT2D eigenvalue weighted by Crippen LogP contribution is -2.14. The Kier molecular flexibility index (Phi) is 4.97. The Bertz CT molecular complexity index is 700. The summed E-state index contributed by atoms with van der Waals surface area (Å²) in [7, 11) is -3.89. The molecule has 2 rings (SSSR count). The first kappa shape index (κ1) is 15.9. The summed E-state index contributed by atoms with van der Waals surface area (Å²) in [6.07, 6.45) is 1.81. The third-order valence-electron chi connectivity index (χ3n) is 3.06. The van der Waals surface area contributed by atoms with Gasteiger partial charge >= 0.3 is 0 Å². The summed E-state index contributed by atoms with van der Waals surface area (Å²) >= 11 is 1.60. The molecule has 1 heterocycles. The minimum absolute atomic E-state index is 0.00448. The van der Waals surface area contributed by atoms with Crippen molar-refractivity contribution in [3.63, 3.8) is 0 Å². The highest BCUT2D eigenvalue weighted by Crippen LogP contribution is 2.29. The van der Waals surface area contributed by atoms with Crippen LogP contribution >= 0.6 is 11.3 Å². The molecule has 0 aliphatic rings. The van der Waals surface area contributed by atoms with Crippen LogP contribution in [0.5, 0.6) is 0 Å². The topological polar surface area (TPSA) is 72.2 Å². The molecule has 114 valence electrons. The molecule has 0 spiro atoms. The number of anilines is 1. The summed E-state index contributed by atoms with van der Waals surface area (Å²) in [4.78, 5) is 0.889. The first-order valence-corrected chi connectivity index (χ1v) is 8.96. The molecule has 0 amide bonds. The molecule has 1 atom stereocenters. The smallest absolute Gasteiger partial charge is 0.238 e. The Labute approximate surface area is 127 Å². The zero-order valence-corrected chi connectivity index (χ0v) is 13.2. The Morgan fingerprint density at radius 3 is 2.67 bits per heavy atom. The maximum absolute atomic E-state index is 14.0. The van der Waals surface area contributed by atoms with Gasteiger partial charge in [0, 0.05) is 4.88 Å². The zero-order chi connectivity index (χ0) is 15.5. The summed E-state index contributed by atoms with van der Waals surface area (Å²) in [6.45, 7) is 2.06.